The molecule has 0 aliphatic heterocycles. The third-order valence-electron chi connectivity index (χ3n) is 5.39. The first-order chi connectivity index (χ1) is 12.6. The van der Waals surface area contributed by atoms with Crippen molar-refractivity contribution in [2.75, 3.05) is 5.75 Å². The number of nitrogens with zero attached hydrogens (tertiary/aromatic N) is 2. The summed E-state index contributed by atoms with van der Waals surface area (Å²) in [4.78, 5) is 21.4. The second-order valence-electron chi connectivity index (χ2n) is 7.32. The van der Waals surface area contributed by atoms with Gasteiger partial charge in [-0.25, -0.2) is 9.97 Å². The first kappa shape index (κ1) is 17.8. The molecular formula is C20H22ClN3OS. The van der Waals surface area contributed by atoms with Crippen molar-refractivity contribution in [1.82, 2.24) is 15.3 Å². The summed E-state index contributed by atoms with van der Waals surface area (Å²) in [6.07, 6.45) is 5.07. The summed E-state index contributed by atoms with van der Waals surface area (Å²) < 4.78 is 0. The summed E-state index contributed by atoms with van der Waals surface area (Å²) in [5, 5.41) is 4.56. The van der Waals surface area contributed by atoms with Gasteiger partial charge >= 0.3 is 0 Å². The Labute approximate surface area is 163 Å². The average molecular weight is 388 g/mol. The summed E-state index contributed by atoms with van der Waals surface area (Å²) in [6.45, 7) is 1.94. The van der Waals surface area contributed by atoms with Gasteiger partial charge in [0.05, 0.1) is 11.4 Å². The van der Waals surface area contributed by atoms with Gasteiger partial charge in [-0.2, -0.15) is 0 Å². The van der Waals surface area contributed by atoms with E-state index in [0.717, 1.165) is 29.3 Å². The number of aryl methyl sites for hydroxylation is 1. The van der Waals surface area contributed by atoms with Gasteiger partial charge in [0, 0.05) is 22.3 Å². The molecule has 1 heterocycles. The lowest BCUT2D eigenvalue weighted by molar-refractivity contribution is -0.119. The van der Waals surface area contributed by atoms with Crippen molar-refractivity contribution in [3.05, 3.63) is 41.0 Å². The molecular weight excluding hydrogens is 366 g/mol. The topological polar surface area (TPSA) is 54.9 Å². The minimum absolute atomic E-state index is 0.0886. The van der Waals surface area contributed by atoms with E-state index in [1.54, 1.807) is 0 Å². The number of thioether (sulfide) groups is 1. The molecule has 3 atom stereocenters. The van der Waals surface area contributed by atoms with Gasteiger partial charge < -0.3 is 5.32 Å². The van der Waals surface area contributed by atoms with E-state index in [-0.39, 0.29) is 5.91 Å². The predicted octanol–water partition coefficient (Wildman–Crippen LogP) is 4.50. The van der Waals surface area contributed by atoms with Crippen LogP contribution in [0.5, 0.6) is 0 Å². The molecule has 136 valence electrons. The van der Waals surface area contributed by atoms with Crippen LogP contribution in [0, 0.1) is 18.8 Å². The van der Waals surface area contributed by atoms with Crippen molar-refractivity contribution >= 4 is 29.3 Å². The van der Waals surface area contributed by atoms with E-state index in [4.69, 9.17) is 11.6 Å². The van der Waals surface area contributed by atoms with Crippen molar-refractivity contribution in [1.29, 1.82) is 0 Å². The van der Waals surface area contributed by atoms with Crippen LogP contribution in [0.1, 0.15) is 31.4 Å². The van der Waals surface area contributed by atoms with Gasteiger partial charge in [-0.05, 0) is 56.2 Å². The summed E-state index contributed by atoms with van der Waals surface area (Å²) in [5.41, 5.74) is 2.74. The highest BCUT2D eigenvalue weighted by molar-refractivity contribution is 7.99. The van der Waals surface area contributed by atoms with Crippen LogP contribution >= 0.6 is 23.4 Å². The number of amides is 1. The number of fused-ring (bicyclic) bond motifs is 2. The van der Waals surface area contributed by atoms with Gasteiger partial charge in [0.15, 0.2) is 5.16 Å². The number of hydrogen-bond acceptors (Lipinski definition) is 4. The average Bonchev–Trinajstić information content (AvgIpc) is 3.23. The largest absolute Gasteiger partial charge is 0.352 e. The first-order valence-corrected chi connectivity index (χ1v) is 10.5. The Kier molecular flexibility index (Phi) is 5.18. The number of hydrogen-bond donors (Lipinski definition) is 1. The zero-order valence-electron chi connectivity index (χ0n) is 14.7. The number of carbonyl (C=O) groups is 1. The molecule has 2 aliphatic carbocycles. The molecule has 2 fully saturated rings. The molecule has 0 unspecified atom stereocenters. The predicted molar refractivity (Wildman–Crippen MR) is 105 cm³/mol. The van der Waals surface area contributed by atoms with Gasteiger partial charge in [-0.3, -0.25) is 4.79 Å². The van der Waals surface area contributed by atoms with Gasteiger partial charge in [0.2, 0.25) is 5.91 Å². The molecule has 0 radical (unpaired) electrons. The summed E-state index contributed by atoms with van der Waals surface area (Å²) >= 11 is 7.36. The van der Waals surface area contributed by atoms with Crippen LogP contribution in [-0.4, -0.2) is 27.7 Å². The maximum Gasteiger partial charge on any atom is 0.230 e. The lowest BCUT2D eigenvalue weighted by Crippen LogP contribution is -2.39. The van der Waals surface area contributed by atoms with Crippen LogP contribution in [-0.2, 0) is 4.79 Å². The first-order valence-electron chi connectivity index (χ1n) is 9.10. The number of benzene rings is 1. The zero-order chi connectivity index (χ0) is 18.1. The van der Waals surface area contributed by atoms with E-state index in [0.29, 0.717) is 27.9 Å². The lowest BCUT2D eigenvalue weighted by atomic mass is 9.95. The molecule has 4 nitrogen and oxygen atoms in total. The quantitative estimate of drug-likeness (QED) is 0.606. The number of carbonyl (C=O) groups excluding carboxylic acids is 1. The van der Waals surface area contributed by atoms with Crippen LogP contribution < -0.4 is 5.32 Å². The van der Waals surface area contributed by atoms with Crippen LogP contribution in [0.15, 0.2) is 35.5 Å². The minimum atomic E-state index is 0.0886. The van der Waals surface area contributed by atoms with E-state index >= 15 is 0 Å². The maximum atomic E-state index is 12.3. The Balaban J connectivity index is 1.38. The summed E-state index contributed by atoms with van der Waals surface area (Å²) in [6, 6.07) is 9.92. The number of halogens is 1. The van der Waals surface area contributed by atoms with Gasteiger partial charge in [-0.15, -0.1) is 0 Å². The molecule has 2 aliphatic rings. The maximum absolute atomic E-state index is 12.3. The van der Waals surface area contributed by atoms with E-state index < -0.39 is 0 Å². The molecule has 2 bridgehead atoms. The molecule has 0 spiro atoms. The highest BCUT2D eigenvalue weighted by Crippen LogP contribution is 2.44. The molecule has 1 N–H and O–H groups in total. The van der Waals surface area contributed by atoms with Crippen LogP contribution in [0.25, 0.3) is 11.3 Å². The van der Waals surface area contributed by atoms with Crippen LogP contribution in [0.2, 0.25) is 5.02 Å². The molecule has 0 saturated heterocycles. The number of aromatic nitrogens is 2. The van der Waals surface area contributed by atoms with E-state index in [1.165, 1.54) is 31.0 Å². The minimum Gasteiger partial charge on any atom is -0.352 e. The normalized spacial score (nSPS) is 24.0. The SMILES string of the molecule is Cc1cc(-c2ccc(Cl)cc2)nc(SCC(=O)N[C@@H]2C[C@@H]3CC[C@@H]2C3)n1. The fourth-order valence-corrected chi connectivity index (χ4v) is 5.02. The van der Waals surface area contributed by atoms with Gasteiger partial charge in [-0.1, -0.05) is 41.9 Å². The van der Waals surface area contributed by atoms with E-state index in [9.17, 15) is 4.79 Å². The van der Waals surface area contributed by atoms with Crippen LogP contribution in [0.4, 0.5) is 0 Å². The summed E-state index contributed by atoms with van der Waals surface area (Å²) in [7, 11) is 0. The molecule has 6 heteroatoms. The Morgan fingerprint density at radius 3 is 2.73 bits per heavy atom. The monoisotopic (exact) mass is 387 g/mol. The zero-order valence-corrected chi connectivity index (χ0v) is 16.3. The lowest BCUT2D eigenvalue weighted by Gasteiger charge is -2.22. The Morgan fingerprint density at radius 1 is 1.23 bits per heavy atom. The molecule has 4 rings (SSSR count). The van der Waals surface area contributed by atoms with Crippen molar-refractivity contribution in [3.63, 3.8) is 0 Å². The molecule has 1 aromatic heterocycles. The molecule has 2 aromatic rings. The third kappa shape index (κ3) is 4.04. The molecule has 26 heavy (non-hydrogen) atoms. The van der Waals surface area contributed by atoms with Gasteiger partial charge in [0.25, 0.3) is 0 Å². The fourth-order valence-electron chi connectivity index (χ4n) is 4.17. The van der Waals surface area contributed by atoms with E-state index in [2.05, 4.69) is 15.3 Å². The fraction of sp³-hybridized carbons (Fsp3) is 0.450. The van der Waals surface area contributed by atoms with Gasteiger partial charge in [0.1, 0.15) is 0 Å². The van der Waals surface area contributed by atoms with Crippen molar-refractivity contribution in [2.24, 2.45) is 11.8 Å². The second-order valence-corrected chi connectivity index (χ2v) is 8.70. The number of rotatable bonds is 5. The van der Waals surface area contributed by atoms with Crippen molar-refractivity contribution in [2.45, 2.75) is 43.8 Å². The van der Waals surface area contributed by atoms with Crippen molar-refractivity contribution < 1.29 is 4.79 Å². The summed E-state index contributed by atoms with van der Waals surface area (Å²) in [5.74, 6) is 1.98. The van der Waals surface area contributed by atoms with Crippen molar-refractivity contribution in [3.8, 4) is 11.3 Å². The smallest absolute Gasteiger partial charge is 0.230 e. The Bertz CT molecular complexity index is 811. The highest BCUT2D eigenvalue weighted by Gasteiger charge is 2.39. The molecule has 2 saturated carbocycles. The molecule has 1 amide bonds. The highest BCUT2D eigenvalue weighted by atomic mass is 35.5. The van der Waals surface area contributed by atoms with Crippen LogP contribution in [0.3, 0.4) is 0 Å². The Hall–Kier alpha value is -1.59. The third-order valence-corrected chi connectivity index (χ3v) is 6.49. The Morgan fingerprint density at radius 2 is 2.04 bits per heavy atom. The number of nitrogens with one attached hydrogen (secondary N) is 1. The second kappa shape index (κ2) is 7.57. The van der Waals surface area contributed by atoms with E-state index in [1.807, 2.05) is 37.3 Å². The molecule has 1 aromatic carbocycles. The standard InChI is InChI=1S/C20H22ClN3OS/c1-12-8-17(14-4-6-16(21)7-5-14)24-20(22-12)26-11-19(25)23-18-10-13-2-3-15(18)9-13/h4-8,13,15,18H,2-3,9-11H2,1H3,(H,23,25)/t13-,15-,18-/m1/s1.